The van der Waals surface area contributed by atoms with Crippen molar-refractivity contribution < 1.29 is 14.3 Å². The molecular formula is C20H23N5O4. The summed E-state index contributed by atoms with van der Waals surface area (Å²) in [7, 11) is 3.14. The highest BCUT2D eigenvalue weighted by atomic mass is 16.5. The van der Waals surface area contributed by atoms with Crippen molar-refractivity contribution in [1.29, 1.82) is 0 Å². The number of amides is 1. The van der Waals surface area contributed by atoms with Gasteiger partial charge in [0.25, 0.3) is 11.5 Å². The Morgan fingerprint density at radius 2 is 2.03 bits per heavy atom. The number of hydrogen-bond donors (Lipinski definition) is 2. The minimum Gasteiger partial charge on any atom is -0.497 e. The fourth-order valence-corrected chi connectivity index (χ4v) is 2.80. The second-order valence-corrected chi connectivity index (χ2v) is 6.25. The summed E-state index contributed by atoms with van der Waals surface area (Å²) in [5.41, 5.74) is 2.17. The van der Waals surface area contributed by atoms with E-state index in [1.54, 1.807) is 38.5 Å². The quantitative estimate of drug-likeness (QED) is 0.598. The van der Waals surface area contributed by atoms with Gasteiger partial charge in [-0.25, -0.2) is 4.98 Å². The van der Waals surface area contributed by atoms with E-state index in [1.165, 1.54) is 17.0 Å². The van der Waals surface area contributed by atoms with Crippen molar-refractivity contribution in [1.82, 2.24) is 25.1 Å². The molecule has 1 aromatic carbocycles. The van der Waals surface area contributed by atoms with E-state index in [4.69, 9.17) is 9.47 Å². The number of aromatic amines is 1. The third-order valence-corrected chi connectivity index (χ3v) is 4.44. The van der Waals surface area contributed by atoms with Gasteiger partial charge in [0, 0.05) is 30.4 Å². The Hall–Kier alpha value is -3.62. The molecule has 3 rings (SSSR count). The van der Waals surface area contributed by atoms with Crippen molar-refractivity contribution in [3.8, 4) is 22.8 Å². The summed E-state index contributed by atoms with van der Waals surface area (Å²) in [4.78, 5) is 28.6. The fourth-order valence-electron chi connectivity index (χ4n) is 2.80. The van der Waals surface area contributed by atoms with Gasteiger partial charge in [-0.3, -0.25) is 19.3 Å². The van der Waals surface area contributed by atoms with Crippen LogP contribution in [0.1, 0.15) is 23.1 Å². The van der Waals surface area contributed by atoms with Gasteiger partial charge in [-0.1, -0.05) is 6.92 Å². The van der Waals surface area contributed by atoms with Gasteiger partial charge in [-0.2, -0.15) is 5.10 Å². The Morgan fingerprint density at radius 3 is 2.72 bits per heavy atom. The first-order valence-electron chi connectivity index (χ1n) is 9.17. The minimum absolute atomic E-state index is 0.139. The summed E-state index contributed by atoms with van der Waals surface area (Å²) in [6.07, 6.45) is 2.20. The molecule has 9 nitrogen and oxygen atoms in total. The molecule has 0 radical (unpaired) electrons. The molecule has 2 N–H and O–H groups in total. The highest BCUT2D eigenvalue weighted by Gasteiger charge is 2.15. The van der Waals surface area contributed by atoms with Crippen LogP contribution >= 0.6 is 0 Å². The maximum atomic E-state index is 12.4. The number of aromatic nitrogens is 4. The van der Waals surface area contributed by atoms with Crippen LogP contribution in [-0.2, 0) is 13.0 Å². The normalized spacial score (nSPS) is 10.6. The van der Waals surface area contributed by atoms with Gasteiger partial charge in [-0.05, 0) is 30.7 Å². The lowest BCUT2D eigenvalue weighted by Gasteiger charge is -2.08. The zero-order valence-electron chi connectivity index (χ0n) is 16.6. The van der Waals surface area contributed by atoms with Crippen LogP contribution in [0.25, 0.3) is 11.3 Å². The highest BCUT2D eigenvalue weighted by Crippen LogP contribution is 2.32. The zero-order valence-corrected chi connectivity index (χ0v) is 16.6. The third kappa shape index (κ3) is 4.63. The average Bonchev–Trinajstić information content (AvgIpc) is 3.24. The molecule has 0 aliphatic heterocycles. The number of rotatable bonds is 8. The van der Waals surface area contributed by atoms with Crippen LogP contribution in [0.3, 0.4) is 0 Å². The monoisotopic (exact) mass is 397 g/mol. The standard InChI is InChI=1S/C20H23N5O4/c1-4-13-9-19(26)25(12-22-13)8-7-21-20(27)17-11-16(23-24-17)15-10-14(28-2)5-6-18(15)29-3/h5-6,9-12H,4,7-8H2,1-3H3,(H,21,27)(H,23,24). The number of carbonyl (C=O) groups excluding carboxylic acids is 1. The lowest BCUT2D eigenvalue weighted by atomic mass is 10.1. The molecular weight excluding hydrogens is 374 g/mol. The van der Waals surface area contributed by atoms with Crippen molar-refractivity contribution in [3.63, 3.8) is 0 Å². The number of methoxy groups -OCH3 is 2. The Balaban J connectivity index is 1.66. The molecule has 2 heterocycles. The first kappa shape index (κ1) is 20.1. The molecule has 29 heavy (non-hydrogen) atoms. The van der Waals surface area contributed by atoms with Crippen LogP contribution < -0.4 is 20.3 Å². The molecule has 0 unspecified atom stereocenters. The Labute approximate surface area is 167 Å². The number of nitrogens with one attached hydrogen (secondary N) is 2. The molecule has 0 aliphatic carbocycles. The third-order valence-electron chi connectivity index (χ3n) is 4.44. The van der Waals surface area contributed by atoms with Crippen LogP contribution in [0.5, 0.6) is 11.5 Å². The Morgan fingerprint density at radius 1 is 1.21 bits per heavy atom. The lowest BCUT2D eigenvalue weighted by Crippen LogP contribution is -2.31. The van der Waals surface area contributed by atoms with E-state index < -0.39 is 0 Å². The van der Waals surface area contributed by atoms with E-state index >= 15 is 0 Å². The number of ether oxygens (including phenoxy) is 2. The first-order chi connectivity index (χ1) is 14.0. The maximum Gasteiger partial charge on any atom is 0.269 e. The number of nitrogens with zero attached hydrogens (tertiary/aromatic N) is 3. The van der Waals surface area contributed by atoms with Crippen LogP contribution in [0, 0.1) is 0 Å². The SMILES string of the molecule is CCc1cc(=O)n(CCNC(=O)c2cc(-c3cc(OC)ccc3OC)n[nH]2)cn1. The van der Waals surface area contributed by atoms with E-state index in [2.05, 4.69) is 20.5 Å². The molecule has 0 spiro atoms. The first-order valence-corrected chi connectivity index (χ1v) is 9.17. The second kappa shape index (κ2) is 9.05. The van der Waals surface area contributed by atoms with Crippen LogP contribution in [0.15, 0.2) is 41.5 Å². The predicted molar refractivity (Wildman–Crippen MR) is 107 cm³/mol. The molecule has 9 heteroatoms. The highest BCUT2D eigenvalue weighted by molar-refractivity contribution is 5.93. The Kier molecular flexibility index (Phi) is 6.28. The van der Waals surface area contributed by atoms with Crippen molar-refractivity contribution in [2.45, 2.75) is 19.9 Å². The van der Waals surface area contributed by atoms with Gasteiger partial charge < -0.3 is 14.8 Å². The molecule has 3 aromatic rings. The fraction of sp³-hybridized carbons (Fsp3) is 0.300. The average molecular weight is 397 g/mol. The van der Waals surface area contributed by atoms with Crippen LogP contribution in [0.4, 0.5) is 0 Å². The van der Waals surface area contributed by atoms with E-state index in [0.29, 0.717) is 41.4 Å². The largest absolute Gasteiger partial charge is 0.497 e. The van der Waals surface area contributed by atoms with Crippen molar-refractivity contribution >= 4 is 5.91 Å². The minimum atomic E-state index is -0.322. The summed E-state index contributed by atoms with van der Waals surface area (Å²) < 4.78 is 12.1. The van der Waals surface area contributed by atoms with Gasteiger partial charge >= 0.3 is 0 Å². The van der Waals surface area contributed by atoms with Crippen molar-refractivity contribution in [2.24, 2.45) is 0 Å². The zero-order chi connectivity index (χ0) is 20.8. The van der Waals surface area contributed by atoms with E-state index in [0.717, 1.165) is 5.69 Å². The number of H-pyrrole nitrogens is 1. The molecule has 0 fully saturated rings. The number of benzene rings is 1. The van der Waals surface area contributed by atoms with E-state index in [-0.39, 0.29) is 18.0 Å². The summed E-state index contributed by atoms with van der Waals surface area (Å²) in [6.45, 7) is 2.54. The maximum absolute atomic E-state index is 12.4. The summed E-state index contributed by atoms with van der Waals surface area (Å²) in [6, 6.07) is 8.49. The van der Waals surface area contributed by atoms with Crippen LogP contribution in [0.2, 0.25) is 0 Å². The summed E-state index contributed by atoms with van der Waals surface area (Å²) in [5, 5.41) is 9.70. The molecule has 0 saturated heterocycles. The molecule has 152 valence electrons. The number of carbonyl (C=O) groups is 1. The van der Waals surface area contributed by atoms with E-state index in [1.807, 2.05) is 6.92 Å². The van der Waals surface area contributed by atoms with Gasteiger partial charge in [0.15, 0.2) is 0 Å². The molecule has 1 amide bonds. The van der Waals surface area contributed by atoms with Gasteiger partial charge in [0.1, 0.15) is 17.2 Å². The van der Waals surface area contributed by atoms with Crippen molar-refractivity contribution in [2.75, 3.05) is 20.8 Å². The summed E-state index contributed by atoms with van der Waals surface area (Å²) in [5.74, 6) is 0.950. The number of hydrogen-bond acceptors (Lipinski definition) is 6. The number of aryl methyl sites for hydroxylation is 1. The van der Waals surface area contributed by atoms with E-state index in [9.17, 15) is 9.59 Å². The van der Waals surface area contributed by atoms with Gasteiger partial charge in [-0.15, -0.1) is 0 Å². The lowest BCUT2D eigenvalue weighted by molar-refractivity contribution is 0.0947. The molecule has 0 atom stereocenters. The summed E-state index contributed by atoms with van der Waals surface area (Å²) >= 11 is 0. The smallest absolute Gasteiger partial charge is 0.269 e. The van der Waals surface area contributed by atoms with Gasteiger partial charge in [0.05, 0.1) is 26.2 Å². The topological polar surface area (TPSA) is 111 Å². The van der Waals surface area contributed by atoms with Crippen LogP contribution in [-0.4, -0.2) is 46.4 Å². The predicted octanol–water partition coefficient (Wildman–Crippen LogP) is 1.64. The molecule has 2 aromatic heterocycles. The second-order valence-electron chi connectivity index (χ2n) is 6.25. The molecule has 0 saturated carbocycles. The molecule has 0 aliphatic rings. The van der Waals surface area contributed by atoms with Gasteiger partial charge in [0.2, 0.25) is 0 Å². The van der Waals surface area contributed by atoms with Crippen molar-refractivity contribution in [3.05, 3.63) is 58.4 Å². The molecule has 0 bridgehead atoms. The Bertz CT molecular complexity index is 1060.